The van der Waals surface area contributed by atoms with E-state index in [1.165, 1.54) is 12.4 Å². The van der Waals surface area contributed by atoms with Gasteiger partial charge in [-0.15, -0.1) is 0 Å². The number of hydrogen-bond donors (Lipinski definition) is 1. The van der Waals surface area contributed by atoms with Gasteiger partial charge in [-0.05, 0) is 24.3 Å². The Morgan fingerprint density at radius 2 is 2.00 bits per heavy atom. The van der Waals surface area contributed by atoms with E-state index in [0.717, 1.165) is 16.7 Å². The summed E-state index contributed by atoms with van der Waals surface area (Å²) in [5.41, 5.74) is -1.67. The Kier molecular flexibility index (Phi) is 3.68. The Hall–Kier alpha value is -3.38. The van der Waals surface area contributed by atoms with Gasteiger partial charge in [-0.25, -0.2) is 9.97 Å². The molecule has 3 heterocycles. The summed E-state index contributed by atoms with van der Waals surface area (Å²) in [4.78, 5) is 23.4. The van der Waals surface area contributed by atoms with Gasteiger partial charge in [0, 0.05) is 5.39 Å². The van der Waals surface area contributed by atoms with Gasteiger partial charge < -0.3 is 4.98 Å². The van der Waals surface area contributed by atoms with E-state index in [0.29, 0.717) is 11.0 Å². The minimum atomic E-state index is -4.71. The SMILES string of the molecule is N#Cc1c(Cl)c2ccc(C(F)(F)F)nc2n(-c2cccc3[nH]cnc23)c1=O. The molecule has 4 rings (SSSR count). The third kappa shape index (κ3) is 2.53. The molecule has 0 bridgehead atoms. The zero-order valence-corrected chi connectivity index (χ0v) is 13.9. The average Bonchev–Trinajstić information content (AvgIpc) is 3.10. The summed E-state index contributed by atoms with van der Waals surface area (Å²) in [7, 11) is 0. The van der Waals surface area contributed by atoms with Crippen molar-refractivity contribution < 1.29 is 13.2 Å². The van der Waals surface area contributed by atoms with E-state index in [9.17, 15) is 23.2 Å². The molecule has 0 amide bonds. The molecule has 0 radical (unpaired) electrons. The molecule has 134 valence electrons. The summed E-state index contributed by atoms with van der Waals surface area (Å²) in [5, 5.41) is 9.12. The first-order valence-corrected chi connectivity index (χ1v) is 7.85. The van der Waals surface area contributed by atoms with Crippen LogP contribution in [0, 0.1) is 11.3 Å². The first kappa shape index (κ1) is 17.1. The normalized spacial score (nSPS) is 11.8. The van der Waals surface area contributed by atoms with Crippen molar-refractivity contribution in [2.45, 2.75) is 6.18 Å². The van der Waals surface area contributed by atoms with Gasteiger partial charge in [0.25, 0.3) is 5.56 Å². The van der Waals surface area contributed by atoms with Crippen molar-refractivity contribution in [2.24, 2.45) is 0 Å². The number of alkyl halides is 3. The Bertz CT molecular complexity index is 1320. The van der Waals surface area contributed by atoms with E-state index in [4.69, 9.17) is 11.6 Å². The minimum Gasteiger partial charge on any atom is -0.345 e. The van der Waals surface area contributed by atoms with Crippen LogP contribution in [0.1, 0.15) is 11.3 Å². The summed E-state index contributed by atoms with van der Waals surface area (Å²) in [6.45, 7) is 0. The minimum absolute atomic E-state index is 0.0494. The molecule has 0 aliphatic rings. The molecule has 0 unspecified atom stereocenters. The third-order valence-electron chi connectivity index (χ3n) is 4.03. The number of pyridine rings is 2. The number of para-hydroxylation sites is 1. The molecule has 27 heavy (non-hydrogen) atoms. The van der Waals surface area contributed by atoms with Crippen molar-refractivity contribution in [2.75, 3.05) is 0 Å². The molecule has 0 fully saturated rings. The predicted molar refractivity (Wildman–Crippen MR) is 91.7 cm³/mol. The number of rotatable bonds is 1. The number of benzene rings is 1. The molecule has 4 aromatic rings. The lowest BCUT2D eigenvalue weighted by Gasteiger charge is -2.14. The maximum Gasteiger partial charge on any atom is 0.433 e. The maximum atomic E-state index is 13.1. The highest BCUT2D eigenvalue weighted by molar-refractivity contribution is 6.36. The molecule has 0 aliphatic heterocycles. The first-order chi connectivity index (χ1) is 12.8. The molecular formula is C17H7ClF3N5O. The van der Waals surface area contributed by atoms with E-state index in [2.05, 4.69) is 15.0 Å². The van der Waals surface area contributed by atoms with Gasteiger partial charge in [-0.3, -0.25) is 9.36 Å². The van der Waals surface area contributed by atoms with Crippen LogP contribution in [0.4, 0.5) is 13.2 Å². The molecule has 0 spiro atoms. The van der Waals surface area contributed by atoms with Crippen LogP contribution in [-0.4, -0.2) is 19.5 Å². The maximum absolute atomic E-state index is 13.1. The van der Waals surface area contributed by atoms with Crippen molar-refractivity contribution in [3.63, 3.8) is 0 Å². The highest BCUT2D eigenvalue weighted by Crippen LogP contribution is 2.32. The second kappa shape index (κ2) is 5.82. The summed E-state index contributed by atoms with van der Waals surface area (Å²) in [5.74, 6) is 0. The number of nitriles is 1. The van der Waals surface area contributed by atoms with E-state index in [-0.39, 0.29) is 21.7 Å². The zero-order chi connectivity index (χ0) is 19.3. The molecule has 3 aromatic heterocycles. The van der Waals surface area contributed by atoms with Crippen LogP contribution in [0.15, 0.2) is 41.5 Å². The predicted octanol–water partition coefficient (Wildman–Crippen LogP) is 3.81. The van der Waals surface area contributed by atoms with Crippen LogP contribution < -0.4 is 5.56 Å². The van der Waals surface area contributed by atoms with Gasteiger partial charge >= 0.3 is 6.18 Å². The van der Waals surface area contributed by atoms with E-state index in [1.54, 1.807) is 18.2 Å². The van der Waals surface area contributed by atoms with Crippen LogP contribution >= 0.6 is 11.6 Å². The van der Waals surface area contributed by atoms with Crippen molar-refractivity contribution in [1.82, 2.24) is 19.5 Å². The Labute approximate surface area is 153 Å². The smallest absolute Gasteiger partial charge is 0.345 e. The quantitative estimate of drug-likeness (QED) is 0.536. The van der Waals surface area contributed by atoms with Crippen LogP contribution in [0.2, 0.25) is 5.02 Å². The van der Waals surface area contributed by atoms with Crippen LogP contribution in [-0.2, 0) is 6.18 Å². The number of nitrogens with zero attached hydrogens (tertiary/aromatic N) is 4. The summed E-state index contributed by atoms with van der Waals surface area (Å²) in [6, 6.07) is 8.34. The van der Waals surface area contributed by atoms with Crippen molar-refractivity contribution in [1.29, 1.82) is 5.26 Å². The van der Waals surface area contributed by atoms with E-state index >= 15 is 0 Å². The van der Waals surface area contributed by atoms with E-state index < -0.39 is 23.0 Å². The first-order valence-electron chi connectivity index (χ1n) is 7.48. The molecule has 0 saturated carbocycles. The molecule has 0 atom stereocenters. The monoisotopic (exact) mass is 389 g/mol. The standard InChI is InChI=1S/C17H7ClF3N5O/c18-13-8-4-5-12(17(19,20)21)25-15(8)26(16(27)9(13)6-22)11-3-1-2-10-14(11)24-7-23-10/h1-5,7H,(H,23,24). The molecule has 1 aromatic carbocycles. The lowest BCUT2D eigenvalue weighted by atomic mass is 10.1. The van der Waals surface area contributed by atoms with Gasteiger partial charge in [0.15, 0.2) is 0 Å². The Balaban J connectivity index is 2.23. The molecular weight excluding hydrogens is 383 g/mol. The number of halogens is 4. The fourth-order valence-corrected chi connectivity index (χ4v) is 3.11. The lowest BCUT2D eigenvalue weighted by Crippen LogP contribution is -2.24. The van der Waals surface area contributed by atoms with Crippen molar-refractivity contribution >= 4 is 33.7 Å². The highest BCUT2D eigenvalue weighted by atomic mass is 35.5. The lowest BCUT2D eigenvalue weighted by molar-refractivity contribution is -0.141. The average molecular weight is 390 g/mol. The fourth-order valence-electron chi connectivity index (χ4n) is 2.84. The highest BCUT2D eigenvalue weighted by Gasteiger charge is 2.33. The van der Waals surface area contributed by atoms with Crippen LogP contribution in [0.25, 0.3) is 27.8 Å². The molecule has 1 N–H and O–H groups in total. The van der Waals surface area contributed by atoms with Gasteiger partial charge in [0.2, 0.25) is 0 Å². The molecule has 10 heteroatoms. The molecule has 6 nitrogen and oxygen atoms in total. The number of nitrogens with one attached hydrogen (secondary N) is 1. The van der Waals surface area contributed by atoms with Gasteiger partial charge in [-0.2, -0.15) is 18.4 Å². The number of fused-ring (bicyclic) bond motifs is 2. The van der Waals surface area contributed by atoms with Crippen molar-refractivity contribution in [3.8, 4) is 11.8 Å². The molecule has 0 aliphatic carbocycles. The number of aromatic amines is 1. The van der Waals surface area contributed by atoms with Gasteiger partial charge in [-0.1, -0.05) is 17.7 Å². The van der Waals surface area contributed by atoms with Crippen molar-refractivity contribution in [3.05, 3.63) is 63.3 Å². The zero-order valence-electron chi connectivity index (χ0n) is 13.2. The Morgan fingerprint density at radius 3 is 2.70 bits per heavy atom. The second-order valence-corrected chi connectivity index (χ2v) is 5.96. The number of hydrogen-bond acceptors (Lipinski definition) is 4. The number of H-pyrrole nitrogens is 1. The summed E-state index contributed by atoms with van der Waals surface area (Å²) < 4.78 is 40.4. The summed E-state index contributed by atoms with van der Waals surface area (Å²) >= 11 is 6.09. The summed E-state index contributed by atoms with van der Waals surface area (Å²) in [6.07, 6.45) is -3.33. The largest absolute Gasteiger partial charge is 0.433 e. The number of aromatic nitrogens is 4. The topological polar surface area (TPSA) is 87.4 Å². The Morgan fingerprint density at radius 1 is 1.22 bits per heavy atom. The second-order valence-electron chi connectivity index (χ2n) is 5.58. The third-order valence-corrected chi connectivity index (χ3v) is 4.42. The van der Waals surface area contributed by atoms with Gasteiger partial charge in [0.1, 0.15) is 28.5 Å². The van der Waals surface area contributed by atoms with E-state index in [1.807, 2.05) is 0 Å². The van der Waals surface area contributed by atoms with Crippen LogP contribution in [0.3, 0.4) is 0 Å². The van der Waals surface area contributed by atoms with Gasteiger partial charge in [0.05, 0.1) is 22.6 Å². The fraction of sp³-hybridized carbons (Fsp3) is 0.0588. The number of imidazole rings is 1. The molecule has 0 saturated heterocycles. The van der Waals surface area contributed by atoms with Crippen LogP contribution in [0.5, 0.6) is 0 Å².